The van der Waals surface area contributed by atoms with Crippen LogP contribution in [0.15, 0.2) is 18.3 Å². The number of carbonyl (C=O) groups excluding carboxylic acids is 2. The Morgan fingerprint density at radius 2 is 1.95 bits per heavy atom. The Labute approximate surface area is 130 Å². The van der Waals surface area contributed by atoms with E-state index in [2.05, 4.69) is 10.3 Å². The van der Waals surface area contributed by atoms with Gasteiger partial charge in [0.1, 0.15) is 6.54 Å². The van der Waals surface area contributed by atoms with Gasteiger partial charge >= 0.3 is 6.03 Å². The zero-order valence-electron chi connectivity index (χ0n) is 13.4. The molecule has 22 heavy (non-hydrogen) atoms. The molecule has 0 spiro atoms. The van der Waals surface area contributed by atoms with Gasteiger partial charge in [0.05, 0.1) is 5.69 Å². The molecule has 7 nitrogen and oxygen atoms in total. The zero-order chi connectivity index (χ0) is 16.1. The molecule has 0 saturated carbocycles. The summed E-state index contributed by atoms with van der Waals surface area (Å²) in [7, 11) is 0. The third-order valence-electron chi connectivity index (χ3n) is 3.52. The van der Waals surface area contributed by atoms with Gasteiger partial charge in [-0.2, -0.15) is 0 Å². The second-order valence-corrected chi connectivity index (χ2v) is 5.00. The molecule has 0 bridgehead atoms. The Hall–Kier alpha value is -2.31. The van der Waals surface area contributed by atoms with Crippen molar-refractivity contribution in [3.05, 3.63) is 18.3 Å². The molecule has 0 fully saturated rings. The van der Waals surface area contributed by atoms with Crippen LogP contribution in [-0.2, 0) is 4.79 Å². The number of hydrazine groups is 1. The number of carbonyl (C=O) groups is 2. The maximum absolute atomic E-state index is 12.7. The minimum atomic E-state index is -0.198. The fraction of sp³-hybridized carbons (Fsp3) is 0.533. The summed E-state index contributed by atoms with van der Waals surface area (Å²) in [6.45, 7) is 7.64. The SMILES string of the molecule is CCCNC(=O)CN1C(=O)N(CC)N(CC)c2ncccc21. The van der Waals surface area contributed by atoms with Gasteiger partial charge in [-0.05, 0) is 32.4 Å². The molecule has 120 valence electrons. The minimum Gasteiger partial charge on any atom is -0.355 e. The number of hydrogen-bond donors (Lipinski definition) is 1. The second-order valence-electron chi connectivity index (χ2n) is 5.00. The maximum atomic E-state index is 12.7. The Bertz CT molecular complexity index is 548. The molecule has 2 heterocycles. The fourth-order valence-electron chi connectivity index (χ4n) is 2.50. The highest BCUT2D eigenvalue weighted by atomic mass is 16.2. The van der Waals surface area contributed by atoms with Crippen molar-refractivity contribution in [2.75, 3.05) is 36.1 Å². The third-order valence-corrected chi connectivity index (χ3v) is 3.52. The number of nitrogens with one attached hydrogen (secondary N) is 1. The summed E-state index contributed by atoms with van der Waals surface area (Å²) in [5.74, 6) is 0.542. The maximum Gasteiger partial charge on any atom is 0.343 e. The van der Waals surface area contributed by atoms with Crippen molar-refractivity contribution in [3.63, 3.8) is 0 Å². The number of rotatable bonds is 6. The van der Waals surface area contributed by atoms with Crippen molar-refractivity contribution in [3.8, 4) is 0 Å². The minimum absolute atomic E-state index is 0.00554. The van der Waals surface area contributed by atoms with Crippen LogP contribution < -0.4 is 15.2 Å². The number of hydrogen-bond acceptors (Lipinski definition) is 4. The molecule has 1 aliphatic rings. The molecule has 2 rings (SSSR count). The monoisotopic (exact) mass is 305 g/mol. The molecule has 1 aromatic heterocycles. The van der Waals surface area contributed by atoms with Crippen molar-refractivity contribution < 1.29 is 9.59 Å². The van der Waals surface area contributed by atoms with Gasteiger partial charge in [-0.1, -0.05) is 6.92 Å². The Morgan fingerprint density at radius 3 is 2.59 bits per heavy atom. The average molecular weight is 305 g/mol. The molecule has 7 heteroatoms. The summed E-state index contributed by atoms with van der Waals surface area (Å²) in [4.78, 5) is 30.6. The largest absolute Gasteiger partial charge is 0.355 e. The van der Waals surface area contributed by atoms with Gasteiger partial charge in [-0.25, -0.2) is 14.8 Å². The molecule has 0 unspecified atom stereocenters. The molecule has 1 N–H and O–H groups in total. The van der Waals surface area contributed by atoms with Crippen molar-refractivity contribution >= 4 is 23.4 Å². The van der Waals surface area contributed by atoms with E-state index in [4.69, 9.17) is 0 Å². The van der Waals surface area contributed by atoms with E-state index in [-0.39, 0.29) is 18.5 Å². The van der Waals surface area contributed by atoms with Crippen molar-refractivity contribution in [1.29, 1.82) is 0 Å². The second kappa shape index (κ2) is 7.11. The molecular weight excluding hydrogens is 282 g/mol. The van der Waals surface area contributed by atoms with Crippen LogP contribution >= 0.6 is 0 Å². The van der Waals surface area contributed by atoms with Crippen LogP contribution in [0, 0.1) is 0 Å². The van der Waals surface area contributed by atoms with Crippen LogP contribution in [0.2, 0.25) is 0 Å². The summed E-state index contributed by atoms with van der Waals surface area (Å²) in [5, 5.41) is 6.26. The van der Waals surface area contributed by atoms with Gasteiger partial charge in [0.25, 0.3) is 0 Å². The van der Waals surface area contributed by atoms with E-state index < -0.39 is 0 Å². The lowest BCUT2D eigenvalue weighted by Crippen LogP contribution is -2.58. The Morgan fingerprint density at radius 1 is 1.23 bits per heavy atom. The summed E-state index contributed by atoms with van der Waals surface area (Å²) < 4.78 is 0. The third kappa shape index (κ3) is 2.98. The van der Waals surface area contributed by atoms with Crippen LogP contribution in [-0.4, -0.2) is 48.1 Å². The molecule has 1 aromatic rings. The number of pyridine rings is 1. The number of urea groups is 1. The molecule has 0 aromatic carbocycles. The van der Waals surface area contributed by atoms with E-state index in [1.165, 1.54) is 4.90 Å². The standard InChI is InChI=1S/C15H23N5O2/c1-4-9-16-13(21)11-18-12-8-7-10-17-14(12)19(5-2)20(6-3)15(18)22/h7-8,10H,4-6,9,11H2,1-3H3,(H,16,21). The first-order valence-corrected chi connectivity index (χ1v) is 7.72. The topological polar surface area (TPSA) is 68.8 Å². The van der Waals surface area contributed by atoms with Gasteiger partial charge in [0, 0.05) is 25.8 Å². The summed E-state index contributed by atoms with van der Waals surface area (Å²) >= 11 is 0. The zero-order valence-corrected chi connectivity index (χ0v) is 13.4. The predicted octanol–water partition coefficient (Wildman–Crippen LogP) is 1.61. The lowest BCUT2D eigenvalue weighted by molar-refractivity contribution is -0.119. The van der Waals surface area contributed by atoms with Crippen LogP contribution in [0.3, 0.4) is 0 Å². The molecule has 0 radical (unpaired) electrons. The predicted molar refractivity (Wildman–Crippen MR) is 85.7 cm³/mol. The number of nitrogens with zero attached hydrogens (tertiary/aromatic N) is 4. The van der Waals surface area contributed by atoms with Crippen LogP contribution in [0.5, 0.6) is 0 Å². The van der Waals surface area contributed by atoms with E-state index in [1.54, 1.807) is 17.3 Å². The highest BCUT2D eigenvalue weighted by Crippen LogP contribution is 2.33. The first kappa shape index (κ1) is 16.1. The van der Waals surface area contributed by atoms with Gasteiger partial charge in [0.15, 0.2) is 5.82 Å². The van der Waals surface area contributed by atoms with E-state index >= 15 is 0 Å². The number of anilines is 2. The molecular formula is C15H23N5O2. The average Bonchev–Trinajstić information content (AvgIpc) is 2.54. The Balaban J connectivity index is 2.32. The normalized spacial score (nSPS) is 14.1. The molecule has 0 aliphatic carbocycles. The van der Waals surface area contributed by atoms with Gasteiger partial charge in [-0.15, -0.1) is 0 Å². The van der Waals surface area contributed by atoms with Gasteiger partial charge in [-0.3, -0.25) is 14.7 Å². The lowest BCUT2D eigenvalue weighted by atomic mass is 10.3. The lowest BCUT2D eigenvalue weighted by Gasteiger charge is -2.43. The van der Waals surface area contributed by atoms with E-state index in [9.17, 15) is 9.59 Å². The fourth-order valence-corrected chi connectivity index (χ4v) is 2.50. The number of fused-ring (bicyclic) bond motifs is 1. The quantitative estimate of drug-likeness (QED) is 0.867. The first-order chi connectivity index (χ1) is 10.6. The van der Waals surface area contributed by atoms with Crippen LogP contribution in [0.4, 0.5) is 16.3 Å². The van der Waals surface area contributed by atoms with E-state index in [1.807, 2.05) is 31.8 Å². The van der Waals surface area contributed by atoms with Crippen LogP contribution in [0.25, 0.3) is 0 Å². The summed E-state index contributed by atoms with van der Waals surface area (Å²) in [6, 6.07) is 3.40. The summed E-state index contributed by atoms with van der Waals surface area (Å²) in [6.07, 6.45) is 2.56. The molecule has 3 amide bonds. The Kier molecular flexibility index (Phi) is 5.19. The van der Waals surface area contributed by atoms with E-state index in [0.29, 0.717) is 31.1 Å². The smallest absolute Gasteiger partial charge is 0.343 e. The molecule has 0 saturated heterocycles. The van der Waals surface area contributed by atoms with Gasteiger partial charge < -0.3 is 5.32 Å². The number of aromatic nitrogens is 1. The molecule has 0 atom stereocenters. The molecule has 1 aliphatic heterocycles. The first-order valence-electron chi connectivity index (χ1n) is 7.72. The highest BCUT2D eigenvalue weighted by Gasteiger charge is 2.35. The highest BCUT2D eigenvalue weighted by molar-refractivity contribution is 6.02. The van der Waals surface area contributed by atoms with Crippen molar-refractivity contribution in [2.24, 2.45) is 0 Å². The van der Waals surface area contributed by atoms with Crippen LogP contribution in [0.1, 0.15) is 27.2 Å². The van der Waals surface area contributed by atoms with Crippen molar-refractivity contribution in [1.82, 2.24) is 15.3 Å². The number of amides is 3. The van der Waals surface area contributed by atoms with E-state index in [0.717, 1.165) is 6.42 Å². The van der Waals surface area contributed by atoms with Gasteiger partial charge in [0.2, 0.25) is 5.91 Å². The van der Waals surface area contributed by atoms with Crippen molar-refractivity contribution in [2.45, 2.75) is 27.2 Å². The summed E-state index contributed by atoms with van der Waals surface area (Å²) in [5.41, 5.74) is 0.672.